The van der Waals surface area contributed by atoms with Crippen LogP contribution in [-0.2, 0) is 9.59 Å². The molecule has 4 nitrogen and oxygen atoms in total. The number of anilines is 2. The van der Waals surface area contributed by atoms with E-state index >= 15 is 0 Å². The number of carbonyl (C=O) groups excluding carboxylic acids is 2. The molecule has 0 saturated carbocycles. The van der Waals surface area contributed by atoms with Gasteiger partial charge in [0.2, 0.25) is 5.91 Å². The summed E-state index contributed by atoms with van der Waals surface area (Å²) in [5.74, 6) is 0.0731. The van der Waals surface area contributed by atoms with Crippen molar-refractivity contribution in [3.63, 3.8) is 0 Å². The van der Waals surface area contributed by atoms with E-state index in [9.17, 15) is 9.59 Å². The maximum absolute atomic E-state index is 12.1. The molecule has 0 aliphatic carbocycles. The average molecular weight is 326 g/mol. The predicted molar refractivity (Wildman–Crippen MR) is 95.3 cm³/mol. The van der Waals surface area contributed by atoms with E-state index in [-0.39, 0.29) is 16.3 Å². The number of hydrogen-bond acceptors (Lipinski definition) is 4. The van der Waals surface area contributed by atoms with Crippen LogP contribution in [0.5, 0.6) is 0 Å². The molecule has 1 amide bonds. The fourth-order valence-corrected chi connectivity index (χ4v) is 3.67. The Hall–Kier alpha value is -2.27. The van der Waals surface area contributed by atoms with Gasteiger partial charge in [-0.15, -0.1) is 0 Å². The molecule has 2 N–H and O–H groups in total. The van der Waals surface area contributed by atoms with E-state index in [1.54, 1.807) is 11.8 Å². The van der Waals surface area contributed by atoms with Crippen molar-refractivity contribution < 1.29 is 9.59 Å². The highest BCUT2D eigenvalue weighted by Crippen LogP contribution is 2.30. The molecule has 2 aromatic rings. The molecular formula is C18H18N2O2S. The normalized spacial score (nSPS) is 17.5. The molecule has 0 radical (unpaired) electrons. The second-order valence-corrected chi connectivity index (χ2v) is 7.09. The molecule has 1 saturated heterocycles. The van der Waals surface area contributed by atoms with E-state index in [2.05, 4.69) is 0 Å². The van der Waals surface area contributed by atoms with Crippen molar-refractivity contribution in [2.75, 3.05) is 17.2 Å². The summed E-state index contributed by atoms with van der Waals surface area (Å²) in [4.78, 5) is 25.1. The summed E-state index contributed by atoms with van der Waals surface area (Å²) in [6.07, 6.45) is 0.421. The Labute approximate surface area is 139 Å². The van der Waals surface area contributed by atoms with Crippen LogP contribution in [0.15, 0.2) is 48.5 Å². The lowest BCUT2D eigenvalue weighted by atomic mass is 10.0. The van der Waals surface area contributed by atoms with Gasteiger partial charge in [-0.1, -0.05) is 36.0 Å². The first-order valence-electron chi connectivity index (χ1n) is 7.46. The van der Waals surface area contributed by atoms with Crippen LogP contribution in [-0.4, -0.2) is 22.8 Å². The molecule has 0 spiro atoms. The Morgan fingerprint density at radius 3 is 2.22 bits per heavy atom. The molecule has 1 aliphatic heterocycles. The fourth-order valence-electron chi connectivity index (χ4n) is 2.75. The van der Waals surface area contributed by atoms with E-state index < -0.39 is 0 Å². The number of thioether (sulfide) groups is 1. The van der Waals surface area contributed by atoms with Crippen LogP contribution in [0.25, 0.3) is 11.1 Å². The monoisotopic (exact) mass is 326 g/mol. The summed E-state index contributed by atoms with van der Waals surface area (Å²) in [5.41, 5.74) is 9.48. The van der Waals surface area contributed by atoms with Gasteiger partial charge in [0.25, 0.3) is 0 Å². The molecule has 1 atom stereocenters. The lowest BCUT2D eigenvalue weighted by molar-refractivity contribution is -0.117. The van der Waals surface area contributed by atoms with Crippen LogP contribution in [0.3, 0.4) is 0 Å². The zero-order chi connectivity index (χ0) is 16.4. The van der Waals surface area contributed by atoms with Crippen LogP contribution in [0, 0.1) is 0 Å². The van der Waals surface area contributed by atoms with Gasteiger partial charge < -0.3 is 10.6 Å². The van der Waals surface area contributed by atoms with Crippen molar-refractivity contribution in [2.24, 2.45) is 0 Å². The number of carbonyl (C=O) groups is 2. The molecule has 0 bridgehead atoms. The maximum Gasteiger partial charge on any atom is 0.228 e. The lowest BCUT2D eigenvalue weighted by Crippen LogP contribution is -2.24. The highest BCUT2D eigenvalue weighted by atomic mass is 32.2. The van der Waals surface area contributed by atoms with Crippen molar-refractivity contribution in [2.45, 2.75) is 18.6 Å². The number of nitrogen functional groups attached to an aromatic ring is 1. The minimum atomic E-state index is 0.0526. The summed E-state index contributed by atoms with van der Waals surface area (Å²) in [5, 5.41) is 0.111. The van der Waals surface area contributed by atoms with Gasteiger partial charge in [-0.05, 0) is 35.4 Å². The standard InChI is InChI=1S/C18H18N2O2S/c1-12(21)23-17-10-18(22)20(11-17)16-8-4-14(5-9-16)13-2-6-15(19)7-3-13/h2-9,17H,10-11,19H2,1H3. The van der Waals surface area contributed by atoms with Crippen LogP contribution in [0.4, 0.5) is 11.4 Å². The average Bonchev–Trinajstić information content (AvgIpc) is 2.88. The number of hydrogen-bond donors (Lipinski definition) is 1. The van der Waals surface area contributed by atoms with Gasteiger partial charge in [0, 0.05) is 36.5 Å². The first-order valence-corrected chi connectivity index (χ1v) is 8.34. The van der Waals surface area contributed by atoms with Gasteiger partial charge in [-0.25, -0.2) is 0 Å². The molecule has 1 fully saturated rings. The summed E-state index contributed by atoms with van der Waals surface area (Å²) in [6.45, 7) is 2.13. The molecule has 5 heteroatoms. The SMILES string of the molecule is CC(=O)SC1CC(=O)N(c2ccc(-c3ccc(N)cc3)cc2)C1. The molecule has 118 valence electrons. The largest absolute Gasteiger partial charge is 0.399 e. The Kier molecular flexibility index (Phi) is 4.39. The number of rotatable bonds is 3. The Morgan fingerprint density at radius 2 is 1.65 bits per heavy atom. The minimum Gasteiger partial charge on any atom is -0.399 e. The number of nitrogens with zero attached hydrogens (tertiary/aromatic N) is 1. The highest BCUT2D eigenvalue weighted by molar-refractivity contribution is 8.14. The van der Waals surface area contributed by atoms with Crippen LogP contribution in [0.1, 0.15) is 13.3 Å². The molecule has 23 heavy (non-hydrogen) atoms. The van der Waals surface area contributed by atoms with Crippen molar-refractivity contribution in [3.05, 3.63) is 48.5 Å². The van der Waals surface area contributed by atoms with Crippen molar-refractivity contribution in [1.29, 1.82) is 0 Å². The molecule has 1 aliphatic rings. The Balaban J connectivity index is 1.76. The van der Waals surface area contributed by atoms with Gasteiger partial charge >= 0.3 is 0 Å². The Bertz CT molecular complexity index is 726. The zero-order valence-corrected chi connectivity index (χ0v) is 13.7. The number of benzene rings is 2. The van der Waals surface area contributed by atoms with E-state index in [0.29, 0.717) is 13.0 Å². The van der Waals surface area contributed by atoms with Gasteiger partial charge in [-0.3, -0.25) is 9.59 Å². The third kappa shape index (κ3) is 3.56. The third-order valence-corrected chi connectivity index (χ3v) is 4.83. The van der Waals surface area contributed by atoms with Crippen LogP contribution < -0.4 is 10.6 Å². The maximum atomic E-state index is 12.1. The zero-order valence-electron chi connectivity index (χ0n) is 12.9. The van der Waals surface area contributed by atoms with E-state index in [0.717, 1.165) is 22.5 Å². The molecule has 2 aromatic carbocycles. The second-order valence-electron chi connectivity index (χ2n) is 5.61. The highest BCUT2D eigenvalue weighted by Gasteiger charge is 2.31. The van der Waals surface area contributed by atoms with Gasteiger partial charge in [-0.2, -0.15) is 0 Å². The van der Waals surface area contributed by atoms with Gasteiger partial charge in [0.15, 0.2) is 5.12 Å². The molecule has 0 aromatic heterocycles. The first kappa shape index (κ1) is 15.6. The topological polar surface area (TPSA) is 63.4 Å². The molecule has 3 rings (SSSR count). The van der Waals surface area contributed by atoms with Crippen LogP contribution >= 0.6 is 11.8 Å². The summed E-state index contributed by atoms with van der Waals surface area (Å²) >= 11 is 1.25. The first-order chi connectivity index (χ1) is 11.0. The predicted octanol–water partition coefficient (Wildman–Crippen LogP) is 3.32. The van der Waals surface area contributed by atoms with E-state index in [1.807, 2.05) is 48.5 Å². The summed E-state index contributed by atoms with van der Waals surface area (Å²) in [7, 11) is 0. The fraction of sp³-hybridized carbons (Fsp3) is 0.222. The van der Waals surface area contributed by atoms with Crippen LogP contribution in [0.2, 0.25) is 0 Å². The number of nitrogens with two attached hydrogens (primary N) is 1. The van der Waals surface area contributed by atoms with E-state index in [1.165, 1.54) is 11.8 Å². The lowest BCUT2D eigenvalue weighted by Gasteiger charge is -2.17. The molecular weight excluding hydrogens is 308 g/mol. The summed E-state index contributed by atoms with van der Waals surface area (Å²) in [6, 6.07) is 15.6. The quantitative estimate of drug-likeness (QED) is 0.879. The van der Waals surface area contributed by atoms with Crippen molar-refractivity contribution in [1.82, 2.24) is 0 Å². The van der Waals surface area contributed by atoms with Gasteiger partial charge in [0.05, 0.1) is 0 Å². The van der Waals surface area contributed by atoms with Crippen molar-refractivity contribution in [3.8, 4) is 11.1 Å². The van der Waals surface area contributed by atoms with Crippen molar-refractivity contribution >= 4 is 34.2 Å². The third-order valence-electron chi connectivity index (χ3n) is 3.85. The second kappa shape index (κ2) is 6.46. The van der Waals surface area contributed by atoms with E-state index in [4.69, 9.17) is 5.73 Å². The smallest absolute Gasteiger partial charge is 0.228 e. The summed E-state index contributed by atoms with van der Waals surface area (Å²) < 4.78 is 0. The Morgan fingerprint density at radius 1 is 1.09 bits per heavy atom. The molecule has 1 heterocycles. The van der Waals surface area contributed by atoms with Gasteiger partial charge in [0.1, 0.15) is 0 Å². The number of amides is 1. The molecule has 1 unspecified atom stereocenters. The minimum absolute atomic E-state index is 0.0526.